The van der Waals surface area contributed by atoms with E-state index in [2.05, 4.69) is 11.8 Å². The predicted octanol–water partition coefficient (Wildman–Crippen LogP) is 2.01. The lowest BCUT2D eigenvalue weighted by atomic mass is 9.98. The molecule has 1 unspecified atom stereocenters. The summed E-state index contributed by atoms with van der Waals surface area (Å²) >= 11 is 1.99. The Bertz CT molecular complexity index is 211. The van der Waals surface area contributed by atoms with Gasteiger partial charge in [-0.2, -0.15) is 11.8 Å². The van der Waals surface area contributed by atoms with Crippen LogP contribution in [0, 0.1) is 5.92 Å². The van der Waals surface area contributed by atoms with E-state index in [1.807, 2.05) is 11.8 Å². The molecule has 0 amide bonds. The molecular weight excluding hydrogens is 222 g/mol. The Morgan fingerprint density at radius 1 is 1.56 bits per heavy atom. The minimum atomic E-state index is -0.0346. The predicted molar refractivity (Wildman–Crippen MR) is 68.8 cm³/mol. The minimum Gasteiger partial charge on any atom is -0.469 e. The molecule has 0 N–H and O–H groups in total. The molecular formula is C12H23NO2S. The molecule has 0 radical (unpaired) electrons. The molecule has 1 heterocycles. The molecule has 0 saturated carbocycles. The first kappa shape index (κ1) is 13.8. The summed E-state index contributed by atoms with van der Waals surface area (Å²) in [7, 11) is 1.49. The Morgan fingerprint density at radius 3 is 3.06 bits per heavy atom. The second-order valence-corrected chi connectivity index (χ2v) is 5.61. The largest absolute Gasteiger partial charge is 0.469 e. The molecule has 0 aliphatic carbocycles. The van der Waals surface area contributed by atoms with E-state index in [0.29, 0.717) is 0 Å². The molecule has 1 atom stereocenters. The summed E-state index contributed by atoms with van der Waals surface area (Å²) in [4.78, 5) is 13.8. The maximum absolute atomic E-state index is 11.4. The zero-order chi connectivity index (χ0) is 11.8. The smallest absolute Gasteiger partial charge is 0.309 e. The fourth-order valence-corrected chi connectivity index (χ4v) is 2.77. The normalized spacial score (nSPS) is 22.0. The fraction of sp³-hybridized carbons (Fsp3) is 0.917. The lowest BCUT2D eigenvalue weighted by Crippen LogP contribution is -2.39. The molecule has 1 saturated heterocycles. The van der Waals surface area contributed by atoms with Crippen LogP contribution < -0.4 is 0 Å². The molecule has 0 spiro atoms. The van der Waals surface area contributed by atoms with Crippen LogP contribution in [0.25, 0.3) is 0 Å². The number of methoxy groups -OCH3 is 1. The summed E-state index contributed by atoms with van der Waals surface area (Å²) in [5.41, 5.74) is 0. The Labute approximate surface area is 103 Å². The highest BCUT2D eigenvalue weighted by molar-refractivity contribution is 7.99. The van der Waals surface area contributed by atoms with Crippen LogP contribution in [0.1, 0.15) is 26.2 Å². The van der Waals surface area contributed by atoms with Gasteiger partial charge in [0.2, 0.25) is 0 Å². The lowest BCUT2D eigenvalue weighted by molar-refractivity contribution is -0.147. The van der Waals surface area contributed by atoms with E-state index in [1.165, 1.54) is 25.0 Å². The molecule has 1 aliphatic heterocycles. The van der Waals surface area contributed by atoms with E-state index in [-0.39, 0.29) is 11.9 Å². The fourth-order valence-electron chi connectivity index (χ4n) is 2.15. The van der Waals surface area contributed by atoms with Crippen molar-refractivity contribution in [2.75, 3.05) is 38.2 Å². The summed E-state index contributed by atoms with van der Waals surface area (Å²) < 4.78 is 4.81. The molecule has 1 fully saturated rings. The van der Waals surface area contributed by atoms with Gasteiger partial charge < -0.3 is 9.64 Å². The number of esters is 1. The van der Waals surface area contributed by atoms with E-state index < -0.39 is 0 Å². The second kappa shape index (κ2) is 7.96. The number of rotatable bonds is 6. The minimum absolute atomic E-state index is 0.0346. The molecule has 3 nitrogen and oxygen atoms in total. The van der Waals surface area contributed by atoms with Crippen molar-refractivity contribution < 1.29 is 9.53 Å². The van der Waals surface area contributed by atoms with Crippen molar-refractivity contribution in [2.24, 2.45) is 5.92 Å². The quantitative estimate of drug-likeness (QED) is 0.529. The van der Waals surface area contributed by atoms with Crippen molar-refractivity contribution in [3.05, 3.63) is 0 Å². The third kappa shape index (κ3) is 4.74. The highest BCUT2D eigenvalue weighted by atomic mass is 32.2. The average molecular weight is 245 g/mol. The number of nitrogens with zero attached hydrogens (tertiary/aromatic N) is 1. The molecule has 1 aliphatic rings. The molecule has 4 heteroatoms. The maximum atomic E-state index is 11.4. The van der Waals surface area contributed by atoms with Crippen molar-refractivity contribution in [1.29, 1.82) is 0 Å². The van der Waals surface area contributed by atoms with Gasteiger partial charge in [-0.3, -0.25) is 4.79 Å². The summed E-state index contributed by atoms with van der Waals surface area (Å²) in [6.45, 7) is 5.35. The molecule has 94 valence electrons. The lowest BCUT2D eigenvalue weighted by Gasteiger charge is -2.31. The number of thioether (sulfide) groups is 1. The van der Waals surface area contributed by atoms with Crippen molar-refractivity contribution >= 4 is 17.7 Å². The molecule has 0 aromatic carbocycles. The van der Waals surface area contributed by atoms with Crippen molar-refractivity contribution in [1.82, 2.24) is 4.90 Å². The van der Waals surface area contributed by atoms with Gasteiger partial charge in [-0.05, 0) is 43.9 Å². The number of carbonyl (C=O) groups excluding carboxylic acids is 1. The molecule has 0 aromatic heterocycles. The second-order valence-electron chi connectivity index (χ2n) is 4.21. The Hall–Kier alpha value is -0.220. The third-order valence-electron chi connectivity index (χ3n) is 3.01. The van der Waals surface area contributed by atoms with E-state index in [4.69, 9.17) is 4.74 Å². The highest BCUT2D eigenvalue weighted by Gasteiger charge is 2.25. The van der Waals surface area contributed by atoms with Crippen molar-refractivity contribution in [3.8, 4) is 0 Å². The van der Waals surface area contributed by atoms with Gasteiger partial charge >= 0.3 is 5.97 Å². The van der Waals surface area contributed by atoms with Gasteiger partial charge in [-0.25, -0.2) is 0 Å². The van der Waals surface area contributed by atoms with Crippen LogP contribution in [0.15, 0.2) is 0 Å². The van der Waals surface area contributed by atoms with Crippen molar-refractivity contribution in [3.63, 3.8) is 0 Å². The molecule has 0 bridgehead atoms. The highest BCUT2D eigenvalue weighted by Crippen LogP contribution is 2.18. The van der Waals surface area contributed by atoms with Crippen LogP contribution in [0.4, 0.5) is 0 Å². The third-order valence-corrected chi connectivity index (χ3v) is 3.99. The number of hydrogen-bond donors (Lipinski definition) is 0. The van der Waals surface area contributed by atoms with E-state index in [1.54, 1.807) is 0 Å². The first-order valence-corrected chi connectivity index (χ1v) is 7.31. The van der Waals surface area contributed by atoms with Gasteiger partial charge in [-0.1, -0.05) is 6.92 Å². The zero-order valence-corrected chi connectivity index (χ0v) is 11.2. The van der Waals surface area contributed by atoms with Crippen LogP contribution in [-0.2, 0) is 9.53 Å². The van der Waals surface area contributed by atoms with Gasteiger partial charge in [0.15, 0.2) is 0 Å². The summed E-state index contributed by atoms with van der Waals surface area (Å²) in [6, 6.07) is 0. The van der Waals surface area contributed by atoms with Gasteiger partial charge in [0.25, 0.3) is 0 Å². The van der Waals surface area contributed by atoms with Crippen LogP contribution in [0.3, 0.4) is 0 Å². The van der Waals surface area contributed by atoms with E-state index in [0.717, 1.165) is 32.5 Å². The van der Waals surface area contributed by atoms with E-state index >= 15 is 0 Å². The van der Waals surface area contributed by atoms with E-state index in [9.17, 15) is 4.79 Å². The molecule has 1 rings (SSSR count). The SMILES string of the molecule is CCSCCCN1CCCC(C(=O)OC)C1. The number of likely N-dealkylation sites (tertiary alicyclic amines) is 1. The standard InChI is InChI=1S/C12H23NO2S/c1-3-16-9-5-8-13-7-4-6-11(10-13)12(14)15-2/h11H,3-10H2,1-2H3. The Morgan fingerprint density at radius 2 is 2.38 bits per heavy atom. The van der Waals surface area contributed by atoms with Gasteiger partial charge in [0.05, 0.1) is 13.0 Å². The van der Waals surface area contributed by atoms with Crippen molar-refractivity contribution in [2.45, 2.75) is 26.2 Å². The van der Waals surface area contributed by atoms with Gasteiger partial charge in [0.1, 0.15) is 0 Å². The van der Waals surface area contributed by atoms with Crippen LogP contribution in [0.2, 0.25) is 0 Å². The zero-order valence-electron chi connectivity index (χ0n) is 10.4. The van der Waals surface area contributed by atoms with Crippen LogP contribution >= 0.6 is 11.8 Å². The monoisotopic (exact) mass is 245 g/mol. The first-order valence-electron chi connectivity index (χ1n) is 6.15. The van der Waals surface area contributed by atoms with Crippen LogP contribution in [0.5, 0.6) is 0 Å². The number of hydrogen-bond acceptors (Lipinski definition) is 4. The summed E-state index contributed by atoms with van der Waals surface area (Å²) in [5, 5.41) is 0. The van der Waals surface area contributed by atoms with Crippen LogP contribution in [-0.4, -0.2) is 49.1 Å². The Kier molecular flexibility index (Phi) is 6.88. The number of piperidine rings is 1. The number of carbonyl (C=O) groups is 1. The number of ether oxygens (including phenoxy) is 1. The van der Waals surface area contributed by atoms with Gasteiger partial charge in [-0.15, -0.1) is 0 Å². The topological polar surface area (TPSA) is 29.5 Å². The Balaban J connectivity index is 2.20. The maximum Gasteiger partial charge on any atom is 0.309 e. The first-order chi connectivity index (χ1) is 7.77. The average Bonchev–Trinajstić information content (AvgIpc) is 2.34. The molecule has 16 heavy (non-hydrogen) atoms. The van der Waals surface area contributed by atoms with Gasteiger partial charge in [0, 0.05) is 6.54 Å². The molecule has 0 aromatic rings. The summed E-state index contributed by atoms with van der Waals surface area (Å²) in [5.74, 6) is 2.51. The summed E-state index contributed by atoms with van der Waals surface area (Å²) in [6.07, 6.45) is 3.35.